The Balaban J connectivity index is 1.72. The zero-order valence-electron chi connectivity index (χ0n) is 14.6. The van der Waals surface area contributed by atoms with E-state index in [1.54, 1.807) is 18.7 Å². The van der Waals surface area contributed by atoms with Crippen LogP contribution in [0.25, 0.3) is 0 Å². The molecule has 1 aromatic heterocycles. The molecule has 1 amide bonds. The highest BCUT2D eigenvalue weighted by molar-refractivity contribution is 7.89. The van der Waals surface area contributed by atoms with E-state index >= 15 is 0 Å². The SMILES string of the molecule is Cc1cc(S(=O)(=O)NCc2nc(C(=O)N3CCCC3)c(C)o2)ccc1Cl. The van der Waals surface area contributed by atoms with Crippen LogP contribution in [0.4, 0.5) is 0 Å². The van der Waals surface area contributed by atoms with Crippen LogP contribution in [0.3, 0.4) is 0 Å². The number of carbonyl (C=O) groups is 1. The molecule has 140 valence electrons. The summed E-state index contributed by atoms with van der Waals surface area (Å²) in [5.41, 5.74) is 0.906. The number of hydrogen-bond donors (Lipinski definition) is 1. The monoisotopic (exact) mass is 397 g/mol. The molecule has 26 heavy (non-hydrogen) atoms. The first kappa shape index (κ1) is 18.9. The third kappa shape index (κ3) is 3.92. The van der Waals surface area contributed by atoms with Crippen LogP contribution in [0.15, 0.2) is 27.5 Å². The average Bonchev–Trinajstić information content (AvgIpc) is 3.24. The zero-order valence-corrected chi connectivity index (χ0v) is 16.2. The van der Waals surface area contributed by atoms with Crippen molar-refractivity contribution in [3.63, 3.8) is 0 Å². The Morgan fingerprint density at radius 1 is 1.31 bits per heavy atom. The fourth-order valence-corrected chi connectivity index (χ4v) is 4.00. The van der Waals surface area contributed by atoms with E-state index in [-0.39, 0.29) is 28.9 Å². The number of carbonyl (C=O) groups excluding carboxylic acids is 1. The number of hydrogen-bond acceptors (Lipinski definition) is 5. The quantitative estimate of drug-likeness (QED) is 0.837. The van der Waals surface area contributed by atoms with Gasteiger partial charge in [0.25, 0.3) is 5.91 Å². The van der Waals surface area contributed by atoms with Gasteiger partial charge in [0.1, 0.15) is 5.76 Å². The van der Waals surface area contributed by atoms with E-state index in [0.717, 1.165) is 12.8 Å². The van der Waals surface area contributed by atoms with Gasteiger partial charge >= 0.3 is 0 Å². The number of oxazole rings is 1. The molecule has 0 saturated carbocycles. The number of nitrogens with zero attached hydrogens (tertiary/aromatic N) is 2. The number of nitrogens with one attached hydrogen (secondary N) is 1. The summed E-state index contributed by atoms with van der Waals surface area (Å²) in [6.45, 7) is 4.66. The minimum absolute atomic E-state index is 0.107. The lowest BCUT2D eigenvalue weighted by molar-refractivity contribution is 0.0786. The highest BCUT2D eigenvalue weighted by Crippen LogP contribution is 2.20. The number of benzene rings is 1. The largest absolute Gasteiger partial charge is 0.444 e. The van der Waals surface area contributed by atoms with Gasteiger partial charge in [-0.3, -0.25) is 4.79 Å². The maximum absolute atomic E-state index is 12.4. The molecule has 7 nitrogen and oxygen atoms in total. The van der Waals surface area contributed by atoms with Gasteiger partial charge in [0.2, 0.25) is 15.9 Å². The van der Waals surface area contributed by atoms with Crippen molar-refractivity contribution < 1.29 is 17.6 Å². The smallest absolute Gasteiger partial charge is 0.276 e. The lowest BCUT2D eigenvalue weighted by Gasteiger charge is -2.13. The van der Waals surface area contributed by atoms with Crippen LogP contribution in [0.2, 0.25) is 5.02 Å². The summed E-state index contributed by atoms with van der Waals surface area (Å²) in [4.78, 5) is 18.4. The first-order valence-corrected chi connectivity index (χ1v) is 10.2. The fourth-order valence-electron chi connectivity index (χ4n) is 2.82. The highest BCUT2D eigenvalue weighted by atomic mass is 35.5. The minimum Gasteiger partial charge on any atom is -0.444 e. The summed E-state index contributed by atoms with van der Waals surface area (Å²) in [6, 6.07) is 4.46. The van der Waals surface area contributed by atoms with E-state index in [1.807, 2.05) is 0 Å². The summed E-state index contributed by atoms with van der Waals surface area (Å²) in [7, 11) is -3.74. The Kier molecular flexibility index (Phi) is 5.36. The first-order valence-electron chi connectivity index (χ1n) is 8.29. The maximum Gasteiger partial charge on any atom is 0.276 e. The molecule has 0 bridgehead atoms. The number of amides is 1. The van der Waals surface area contributed by atoms with Crippen molar-refractivity contribution in [3.8, 4) is 0 Å². The molecule has 1 aliphatic heterocycles. The van der Waals surface area contributed by atoms with Crippen molar-refractivity contribution in [1.82, 2.24) is 14.6 Å². The predicted molar refractivity (Wildman–Crippen MR) is 96.6 cm³/mol. The molecule has 3 rings (SSSR count). The van der Waals surface area contributed by atoms with Crippen LogP contribution in [-0.2, 0) is 16.6 Å². The van der Waals surface area contributed by atoms with Crippen molar-refractivity contribution >= 4 is 27.5 Å². The number of rotatable bonds is 5. The van der Waals surface area contributed by atoms with Gasteiger partial charge in [-0.15, -0.1) is 0 Å². The Morgan fingerprint density at radius 2 is 2.00 bits per heavy atom. The molecule has 1 aromatic carbocycles. The third-order valence-corrected chi connectivity index (χ3v) is 6.11. The van der Waals surface area contributed by atoms with Crippen LogP contribution in [-0.4, -0.2) is 37.3 Å². The summed E-state index contributed by atoms with van der Waals surface area (Å²) >= 11 is 5.93. The molecule has 1 aliphatic rings. The summed E-state index contributed by atoms with van der Waals surface area (Å²) in [6.07, 6.45) is 1.96. The Hall–Kier alpha value is -1.90. The predicted octanol–water partition coefficient (Wildman–Crippen LogP) is 2.66. The van der Waals surface area contributed by atoms with E-state index in [1.165, 1.54) is 18.2 Å². The van der Waals surface area contributed by atoms with E-state index in [9.17, 15) is 13.2 Å². The van der Waals surface area contributed by atoms with Gasteiger partial charge in [-0.05, 0) is 50.5 Å². The lowest BCUT2D eigenvalue weighted by atomic mass is 10.2. The molecular formula is C17H20ClN3O4S. The van der Waals surface area contributed by atoms with Gasteiger partial charge in [-0.25, -0.2) is 18.1 Å². The molecule has 2 heterocycles. The maximum atomic E-state index is 12.4. The minimum atomic E-state index is -3.74. The van der Waals surface area contributed by atoms with Crippen molar-refractivity contribution in [2.45, 2.75) is 38.1 Å². The molecule has 0 radical (unpaired) electrons. The second kappa shape index (κ2) is 7.38. The van der Waals surface area contributed by atoms with Crippen LogP contribution in [0.1, 0.15) is 40.5 Å². The summed E-state index contributed by atoms with van der Waals surface area (Å²) in [5.74, 6) is 0.365. The van der Waals surface area contributed by atoms with Crippen LogP contribution < -0.4 is 4.72 Å². The molecule has 1 saturated heterocycles. The molecule has 0 atom stereocenters. The second-order valence-electron chi connectivity index (χ2n) is 6.25. The van der Waals surface area contributed by atoms with Gasteiger partial charge in [0, 0.05) is 18.1 Å². The number of aryl methyl sites for hydroxylation is 2. The second-order valence-corrected chi connectivity index (χ2v) is 8.42. The lowest BCUT2D eigenvalue weighted by Crippen LogP contribution is -2.28. The van der Waals surface area contributed by atoms with Gasteiger partial charge < -0.3 is 9.32 Å². The number of aromatic nitrogens is 1. The highest BCUT2D eigenvalue weighted by Gasteiger charge is 2.25. The van der Waals surface area contributed by atoms with Gasteiger partial charge in [0.15, 0.2) is 5.69 Å². The molecule has 0 unspecified atom stereocenters. The van der Waals surface area contributed by atoms with Gasteiger partial charge in [-0.1, -0.05) is 11.6 Å². The molecule has 9 heteroatoms. The van der Waals surface area contributed by atoms with Crippen LogP contribution >= 0.6 is 11.6 Å². The van der Waals surface area contributed by atoms with E-state index < -0.39 is 10.0 Å². The number of halogens is 1. The Labute approximate surface area is 157 Å². The molecular weight excluding hydrogens is 378 g/mol. The van der Waals surface area contributed by atoms with E-state index in [2.05, 4.69) is 9.71 Å². The Bertz CT molecular complexity index is 933. The molecule has 2 aromatic rings. The van der Waals surface area contributed by atoms with Crippen LogP contribution in [0.5, 0.6) is 0 Å². The first-order chi connectivity index (χ1) is 12.3. The molecule has 0 spiro atoms. The summed E-state index contributed by atoms with van der Waals surface area (Å²) < 4.78 is 32.7. The topological polar surface area (TPSA) is 92.5 Å². The molecule has 0 aliphatic carbocycles. The zero-order chi connectivity index (χ0) is 18.9. The van der Waals surface area contributed by atoms with Crippen molar-refractivity contribution in [2.75, 3.05) is 13.1 Å². The number of likely N-dealkylation sites (tertiary alicyclic amines) is 1. The van der Waals surface area contributed by atoms with E-state index in [0.29, 0.717) is 29.4 Å². The van der Waals surface area contributed by atoms with Crippen molar-refractivity contribution in [1.29, 1.82) is 0 Å². The average molecular weight is 398 g/mol. The number of sulfonamides is 1. The summed E-state index contributed by atoms with van der Waals surface area (Å²) in [5, 5.41) is 0.498. The van der Waals surface area contributed by atoms with Gasteiger partial charge in [0.05, 0.1) is 11.4 Å². The Morgan fingerprint density at radius 3 is 2.65 bits per heavy atom. The fraction of sp³-hybridized carbons (Fsp3) is 0.412. The van der Waals surface area contributed by atoms with Crippen LogP contribution in [0, 0.1) is 13.8 Å². The standard InChI is InChI=1S/C17H20ClN3O4S/c1-11-9-13(5-6-14(11)18)26(23,24)19-10-15-20-16(12(2)25-15)17(22)21-7-3-4-8-21/h5-6,9,19H,3-4,7-8,10H2,1-2H3. The van der Waals surface area contributed by atoms with Gasteiger partial charge in [-0.2, -0.15) is 0 Å². The van der Waals surface area contributed by atoms with Crippen molar-refractivity contribution in [2.24, 2.45) is 0 Å². The van der Waals surface area contributed by atoms with E-state index in [4.69, 9.17) is 16.0 Å². The molecule has 1 N–H and O–H groups in total. The normalized spacial score (nSPS) is 14.8. The van der Waals surface area contributed by atoms with Crippen molar-refractivity contribution in [3.05, 3.63) is 46.1 Å². The third-order valence-electron chi connectivity index (χ3n) is 4.29. The molecule has 1 fully saturated rings.